The van der Waals surface area contributed by atoms with Gasteiger partial charge in [0.1, 0.15) is 5.75 Å². The lowest BCUT2D eigenvalue weighted by Crippen LogP contribution is -2.15. The van der Waals surface area contributed by atoms with Crippen molar-refractivity contribution in [2.24, 2.45) is 11.8 Å². The van der Waals surface area contributed by atoms with Crippen molar-refractivity contribution in [1.82, 2.24) is 9.97 Å². The zero-order valence-electron chi connectivity index (χ0n) is 23.4. The molecule has 1 saturated carbocycles. The highest BCUT2D eigenvalue weighted by atomic mass is 16.5. The van der Waals surface area contributed by atoms with Gasteiger partial charge in [-0.15, -0.1) is 0 Å². The molecule has 0 radical (unpaired) electrons. The Kier molecular flexibility index (Phi) is 14.0. The van der Waals surface area contributed by atoms with E-state index < -0.39 is 0 Å². The summed E-state index contributed by atoms with van der Waals surface area (Å²) in [6.07, 6.45) is 28.6. The molecule has 0 amide bonds. The number of ether oxygens (including phenoxy) is 1. The molecule has 1 aliphatic carbocycles. The zero-order valence-corrected chi connectivity index (χ0v) is 23.4. The number of rotatable bonds is 18. The highest BCUT2D eigenvalue weighted by Crippen LogP contribution is 2.34. The molecular formula is C33H52N2O. The summed E-state index contributed by atoms with van der Waals surface area (Å²) >= 11 is 0. The summed E-state index contributed by atoms with van der Waals surface area (Å²) in [4.78, 5) is 9.14. The number of nitrogens with zero attached hydrogens (tertiary/aromatic N) is 2. The number of hydrogen-bond donors (Lipinski definition) is 0. The van der Waals surface area contributed by atoms with Crippen LogP contribution < -0.4 is 4.74 Å². The fraction of sp³-hybridized carbons (Fsp3) is 0.697. The summed E-state index contributed by atoms with van der Waals surface area (Å²) in [5.74, 6) is 3.67. The van der Waals surface area contributed by atoms with Gasteiger partial charge in [-0.3, -0.25) is 0 Å². The Morgan fingerprint density at radius 3 is 1.86 bits per heavy atom. The van der Waals surface area contributed by atoms with Crippen LogP contribution in [-0.4, -0.2) is 16.6 Å². The van der Waals surface area contributed by atoms with Crippen LogP contribution >= 0.6 is 0 Å². The van der Waals surface area contributed by atoms with Crippen molar-refractivity contribution in [3.63, 3.8) is 0 Å². The molecule has 0 atom stereocenters. The molecule has 0 N–H and O–H groups in total. The number of hydrogen-bond acceptors (Lipinski definition) is 3. The second-order valence-electron chi connectivity index (χ2n) is 11.2. The van der Waals surface area contributed by atoms with Crippen LogP contribution in [0.15, 0.2) is 36.7 Å². The minimum Gasteiger partial charge on any atom is -0.494 e. The quantitative estimate of drug-likeness (QED) is 0.194. The van der Waals surface area contributed by atoms with E-state index in [1.807, 2.05) is 12.4 Å². The van der Waals surface area contributed by atoms with Gasteiger partial charge < -0.3 is 4.74 Å². The maximum atomic E-state index is 6.04. The molecule has 3 heteroatoms. The summed E-state index contributed by atoms with van der Waals surface area (Å²) in [5, 5.41) is 0. The zero-order chi connectivity index (χ0) is 25.3. The predicted molar refractivity (Wildman–Crippen MR) is 153 cm³/mol. The van der Waals surface area contributed by atoms with Crippen LogP contribution in [-0.2, 0) is 6.42 Å². The monoisotopic (exact) mass is 492 g/mol. The molecule has 0 saturated heterocycles. The fourth-order valence-corrected chi connectivity index (χ4v) is 5.67. The Bertz CT molecular complexity index is 793. The second kappa shape index (κ2) is 17.5. The highest BCUT2D eigenvalue weighted by Gasteiger charge is 2.20. The topological polar surface area (TPSA) is 35.0 Å². The van der Waals surface area contributed by atoms with Crippen LogP contribution in [0, 0.1) is 11.8 Å². The molecule has 0 bridgehead atoms. The minimum atomic E-state index is 0.795. The molecule has 1 aromatic heterocycles. The fourth-order valence-electron chi connectivity index (χ4n) is 5.67. The molecule has 1 heterocycles. The van der Waals surface area contributed by atoms with Gasteiger partial charge in [-0.05, 0) is 67.3 Å². The van der Waals surface area contributed by atoms with Crippen molar-refractivity contribution in [2.45, 2.75) is 129 Å². The van der Waals surface area contributed by atoms with Gasteiger partial charge >= 0.3 is 0 Å². The van der Waals surface area contributed by atoms with Gasteiger partial charge in [0.25, 0.3) is 0 Å². The SMILES string of the molecule is CCCCCCCCCC1CCC(CCCOc2ccc(-c3ncc(CCCCC)cn3)cc2)CC1. The Labute approximate surface area is 221 Å². The first-order valence-corrected chi connectivity index (χ1v) is 15.3. The van der Waals surface area contributed by atoms with Crippen LogP contribution in [0.4, 0.5) is 0 Å². The molecule has 0 unspecified atom stereocenters. The third-order valence-electron chi connectivity index (χ3n) is 8.09. The number of unbranched alkanes of at least 4 members (excludes halogenated alkanes) is 8. The van der Waals surface area contributed by atoms with Crippen molar-refractivity contribution in [3.8, 4) is 17.1 Å². The van der Waals surface area contributed by atoms with Crippen molar-refractivity contribution in [1.29, 1.82) is 0 Å². The van der Waals surface area contributed by atoms with E-state index in [0.717, 1.165) is 48.4 Å². The molecule has 3 nitrogen and oxygen atoms in total. The van der Waals surface area contributed by atoms with E-state index in [9.17, 15) is 0 Å². The van der Waals surface area contributed by atoms with Gasteiger partial charge in [0, 0.05) is 18.0 Å². The Morgan fingerprint density at radius 1 is 0.667 bits per heavy atom. The average Bonchev–Trinajstić information content (AvgIpc) is 2.92. The second-order valence-corrected chi connectivity index (χ2v) is 11.2. The van der Waals surface area contributed by atoms with Crippen molar-refractivity contribution in [2.75, 3.05) is 6.61 Å². The summed E-state index contributed by atoms with van der Waals surface area (Å²) in [6, 6.07) is 8.27. The third-order valence-corrected chi connectivity index (χ3v) is 8.09. The Hall–Kier alpha value is -1.90. The molecule has 3 rings (SSSR count). The first kappa shape index (κ1) is 28.7. The molecule has 2 aromatic rings. The highest BCUT2D eigenvalue weighted by molar-refractivity contribution is 5.55. The van der Waals surface area contributed by atoms with Crippen LogP contribution in [0.1, 0.15) is 129 Å². The molecule has 0 aliphatic heterocycles. The van der Waals surface area contributed by atoms with Gasteiger partial charge in [0.2, 0.25) is 0 Å². The van der Waals surface area contributed by atoms with Crippen molar-refractivity contribution < 1.29 is 4.74 Å². The first-order valence-electron chi connectivity index (χ1n) is 15.3. The minimum absolute atomic E-state index is 0.795. The van der Waals surface area contributed by atoms with Crippen LogP contribution in [0.25, 0.3) is 11.4 Å². The molecule has 200 valence electrons. The van der Waals surface area contributed by atoms with E-state index in [2.05, 4.69) is 48.1 Å². The van der Waals surface area contributed by atoms with Crippen LogP contribution in [0.3, 0.4) is 0 Å². The van der Waals surface area contributed by atoms with Gasteiger partial charge in [-0.2, -0.15) is 0 Å². The van der Waals surface area contributed by atoms with E-state index in [4.69, 9.17) is 4.74 Å². The largest absolute Gasteiger partial charge is 0.494 e. The van der Waals surface area contributed by atoms with E-state index in [1.54, 1.807) is 0 Å². The normalized spacial score (nSPS) is 17.8. The first-order chi connectivity index (χ1) is 17.8. The maximum Gasteiger partial charge on any atom is 0.159 e. The Balaban J connectivity index is 1.24. The van der Waals surface area contributed by atoms with Crippen LogP contribution in [0.2, 0.25) is 0 Å². The van der Waals surface area contributed by atoms with E-state index in [1.165, 1.54) is 108 Å². The predicted octanol–water partition coefficient (Wildman–Crippen LogP) is 9.98. The number of aromatic nitrogens is 2. The smallest absolute Gasteiger partial charge is 0.159 e. The van der Waals surface area contributed by atoms with E-state index in [-0.39, 0.29) is 0 Å². The van der Waals surface area contributed by atoms with Crippen molar-refractivity contribution in [3.05, 3.63) is 42.2 Å². The van der Waals surface area contributed by atoms with Crippen molar-refractivity contribution >= 4 is 0 Å². The summed E-state index contributed by atoms with van der Waals surface area (Å²) < 4.78 is 6.04. The maximum absolute atomic E-state index is 6.04. The lowest BCUT2D eigenvalue weighted by molar-refractivity contribution is 0.228. The molecule has 1 aromatic carbocycles. The molecule has 1 fully saturated rings. The van der Waals surface area contributed by atoms with E-state index in [0.29, 0.717) is 0 Å². The lowest BCUT2D eigenvalue weighted by atomic mass is 9.78. The standard InChI is InChI=1S/C33H52N2O/c1-3-5-7-8-9-10-12-14-28-17-19-29(20-18-28)16-13-25-36-32-23-21-31(22-24-32)33-34-26-30(27-35-33)15-11-6-4-2/h21-24,26-29H,3-20,25H2,1-2H3. The lowest BCUT2D eigenvalue weighted by Gasteiger charge is -2.28. The number of benzene rings is 1. The van der Waals surface area contributed by atoms with Crippen LogP contribution in [0.5, 0.6) is 5.75 Å². The molecule has 0 spiro atoms. The van der Waals surface area contributed by atoms with E-state index >= 15 is 0 Å². The Morgan fingerprint density at radius 2 is 1.22 bits per heavy atom. The summed E-state index contributed by atoms with van der Waals surface area (Å²) in [5.41, 5.74) is 2.28. The molecule has 1 aliphatic rings. The van der Waals surface area contributed by atoms with Gasteiger partial charge in [0.15, 0.2) is 5.82 Å². The molecule has 36 heavy (non-hydrogen) atoms. The molecular weight excluding hydrogens is 440 g/mol. The third kappa shape index (κ3) is 11.0. The average molecular weight is 493 g/mol. The number of aryl methyl sites for hydroxylation is 1. The van der Waals surface area contributed by atoms with Gasteiger partial charge in [0.05, 0.1) is 6.61 Å². The van der Waals surface area contributed by atoms with Gasteiger partial charge in [-0.25, -0.2) is 9.97 Å². The summed E-state index contributed by atoms with van der Waals surface area (Å²) in [6.45, 7) is 5.35. The van der Waals surface area contributed by atoms with Gasteiger partial charge in [-0.1, -0.05) is 104 Å². The summed E-state index contributed by atoms with van der Waals surface area (Å²) in [7, 11) is 0.